The van der Waals surface area contributed by atoms with E-state index in [1.54, 1.807) is 0 Å². The van der Waals surface area contributed by atoms with Gasteiger partial charge >= 0.3 is 0 Å². The lowest BCUT2D eigenvalue weighted by molar-refractivity contribution is 0.582. The van der Waals surface area contributed by atoms with Crippen LogP contribution in [0.3, 0.4) is 0 Å². The molecule has 2 atom stereocenters. The summed E-state index contributed by atoms with van der Waals surface area (Å²) in [5, 5.41) is 19.3. The fraction of sp³-hybridized carbons (Fsp3) is 0.304. The van der Waals surface area contributed by atoms with Gasteiger partial charge in [-0.1, -0.05) is 79.8 Å². The Balaban J connectivity index is 1.86. The van der Waals surface area contributed by atoms with E-state index in [9.17, 15) is 10.5 Å². The molecule has 2 nitrogen and oxygen atoms in total. The molecule has 26 heavy (non-hydrogen) atoms. The highest BCUT2D eigenvalue weighted by molar-refractivity contribution is 6.75. The van der Waals surface area contributed by atoms with Crippen LogP contribution in [0.15, 0.2) is 54.6 Å². The molecule has 0 unspecified atom stereocenters. The molecule has 0 radical (unpaired) electrons. The van der Waals surface area contributed by atoms with Gasteiger partial charge < -0.3 is 0 Å². The van der Waals surface area contributed by atoms with E-state index in [2.05, 4.69) is 56.0 Å². The third-order valence-corrected chi connectivity index (χ3v) is 6.35. The second-order valence-electron chi connectivity index (χ2n) is 8.31. The van der Waals surface area contributed by atoms with Gasteiger partial charge in [0.1, 0.15) is 0 Å². The maximum absolute atomic E-state index is 9.76. The third-order valence-electron chi connectivity index (χ3n) is 4.88. The highest BCUT2D eigenvalue weighted by atomic mass is 28.3. The van der Waals surface area contributed by atoms with Gasteiger partial charge in [0.15, 0.2) is 0 Å². The predicted molar refractivity (Wildman–Crippen MR) is 109 cm³/mol. The number of allylic oxidation sites excluding steroid dienone is 2. The van der Waals surface area contributed by atoms with E-state index in [0.717, 1.165) is 17.5 Å². The lowest BCUT2D eigenvalue weighted by atomic mass is 9.75. The predicted octanol–water partition coefficient (Wildman–Crippen LogP) is 5.49. The molecule has 2 aromatic rings. The average Bonchev–Trinajstić information content (AvgIpc) is 2.61. The van der Waals surface area contributed by atoms with Gasteiger partial charge in [-0.2, -0.15) is 10.5 Å². The van der Waals surface area contributed by atoms with Crippen LogP contribution < -0.4 is 0 Å². The van der Waals surface area contributed by atoms with Crippen LogP contribution in [0.5, 0.6) is 0 Å². The Hall–Kier alpha value is -2.62. The summed E-state index contributed by atoms with van der Waals surface area (Å²) < 4.78 is 0. The van der Waals surface area contributed by atoms with Crippen LogP contribution >= 0.6 is 0 Å². The van der Waals surface area contributed by atoms with E-state index in [1.807, 2.05) is 30.3 Å². The Bertz CT molecular complexity index is 905. The van der Waals surface area contributed by atoms with Gasteiger partial charge in [-0.25, -0.2) is 0 Å². The monoisotopic (exact) mass is 356 g/mol. The first-order valence-electron chi connectivity index (χ1n) is 9.10. The Labute approximate surface area is 157 Å². The maximum Gasteiger partial charge on any atom is 0.0994 e. The SMILES string of the molecule is C[Si](C)(C)Cc1ccc(C[C@H]2C=C(C#N)c3ccccc3[C@H]2C#N)cc1. The first-order valence-corrected chi connectivity index (χ1v) is 12.8. The van der Waals surface area contributed by atoms with Crippen LogP contribution in [-0.2, 0) is 12.5 Å². The molecule has 3 rings (SSSR count). The number of hydrogen-bond donors (Lipinski definition) is 0. The Kier molecular flexibility index (Phi) is 5.12. The lowest BCUT2D eigenvalue weighted by Crippen LogP contribution is -2.23. The molecule has 3 heteroatoms. The van der Waals surface area contributed by atoms with Gasteiger partial charge in [0, 0.05) is 14.0 Å². The van der Waals surface area contributed by atoms with Crippen molar-refractivity contribution in [3.05, 3.63) is 76.9 Å². The second-order valence-corrected chi connectivity index (χ2v) is 13.8. The fourth-order valence-electron chi connectivity index (χ4n) is 3.76. The summed E-state index contributed by atoms with van der Waals surface area (Å²) in [6.45, 7) is 7.14. The molecule has 0 spiro atoms. The van der Waals surface area contributed by atoms with Gasteiger partial charge in [-0.3, -0.25) is 0 Å². The summed E-state index contributed by atoms with van der Waals surface area (Å²) in [6, 6.07) is 22.6. The third kappa shape index (κ3) is 3.95. The first-order chi connectivity index (χ1) is 12.4. The van der Waals surface area contributed by atoms with E-state index in [0.29, 0.717) is 5.57 Å². The van der Waals surface area contributed by atoms with Crippen molar-refractivity contribution in [3.63, 3.8) is 0 Å². The standard InChI is InChI=1S/C23H24N2Si/c1-26(2,3)16-18-10-8-17(9-11-18)12-19-13-20(14-24)21-6-4-5-7-22(21)23(19)15-25/h4-11,13,19,23H,12,16H2,1-3H3/t19-,23-/m0/s1. The molecule has 0 amide bonds. The molecule has 0 saturated heterocycles. The Morgan fingerprint density at radius 2 is 1.58 bits per heavy atom. The number of nitriles is 2. The van der Waals surface area contributed by atoms with E-state index in [1.165, 1.54) is 17.2 Å². The molecule has 1 aliphatic carbocycles. The molecular weight excluding hydrogens is 332 g/mol. The lowest BCUT2D eigenvalue weighted by Gasteiger charge is -2.26. The largest absolute Gasteiger partial charge is 0.198 e. The molecule has 0 aromatic heterocycles. The number of fused-ring (bicyclic) bond motifs is 1. The molecule has 0 heterocycles. The molecule has 0 fully saturated rings. The number of rotatable bonds is 4. The topological polar surface area (TPSA) is 47.6 Å². The summed E-state index contributed by atoms with van der Waals surface area (Å²) in [4.78, 5) is 0. The second kappa shape index (κ2) is 7.32. The maximum atomic E-state index is 9.76. The molecule has 130 valence electrons. The van der Waals surface area contributed by atoms with Gasteiger partial charge in [-0.05, 0) is 29.2 Å². The van der Waals surface area contributed by atoms with Crippen LogP contribution in [0.4, 0.5) is 0 Å². The first kappa shape index (κ1) is 18.2. The van der Waals surface area contributed by atoms with Crippen LogP contribution in [-0.4, -0.2) is 8.07 Å². The minimum atomic E-state index is -1.12. The molecule has 0 aliphatic heterocycles. The van der Waals surface area contributed by atoms with Crippen molar-refractivity contribution >= 4 is 13.6 Å². The van der Waals surface area contributed by atoms with Gasteiger partial charge in [0.05, 0.1) is 23.6 Å². The normalized spacial score (nSPS) is 19.0. The quantitative estimate of drug-likeness (QED) is 0.680. The number of hydrogen-bond acceptors (Lipinski definition) is 2. The van der Waals surface area contributed by atoms with Crippen molar-refractivity contribution in [3.8, 4) is 12.1 Å². The highest BCUT2D eigenvalue weighted by Crippen LogP contribution is 2.39. The number of benzene rings is 2. The number of nitrogens with zero attached hydrogens (tertiary/aromatic N) is 2. The molecule has 1 aliphatic rings. The minimum Gasteiger partial charge on any atom is -0.198 e. The molecular formula is C23H24N2Si. The summed E-state index contributed by atoms with van der Waals surface area (Å²) >= 11 is 0. The van der Waals surface area contributed by atoms with Crippen LogP contribution in [0.1, 0.15) is 28.2 Å². The Morgan fingerprint density at radius 3 is 2.19 bits per heavy atom. The summed E-state index contributed by atoms with van der Waals surface area (Å²) in [6.07, 6.45) is 2.77. The van der Waals surface area contributed by atoms with Crippen molar-refractivity contribution in [1.29, 1.82) is 10.5 Å². The zero-order chi connectivity index (χ0) is 18.7. The zero-order valence-corrected chi connectivity index (χ0v) is 16.7. The average molecular weight is 357 g/mol. The van der Waals surface area contributed by atoms with Crippen molar-refractivity contribution in [2.45, 2.75) is 38.0 Å². The smallest absolute Gasteiger partial charge is 0.0994 e. The fourth-order valence-corrected chi connectivity index (χ4v) is 5.22. The molecule has 0 saturated carbocycles. The summed E-state index contributed by atoms with van der Waals surface area (Å²) in [5.41, 5.74) is 5.19. The minimum absolute atomic E-state index is 0.0346. The van der Waals surface area contributed by atoms with Gasteiger partial charge in [-0.15, -0.1) is 0 Å². The summed E-state index contributed by atoms with van der Waals surface area (Å²) in [5.74, 6) is -0.169. The van der Waals surface area contributed by atoms with E-state index in [-0.39, 0.29) is 11.8 Å². The highest BCUT2D eigenvalue weighted by Gasteiger charge is 2.29. The van der Waals surface area contributed by atoms with Crippen molar-refractivity contribution < 1.29 is 0 Å². The molecule has 0 bridgehead atoms. The van der Waals surface area contributed by atoms with Crippen LogP contribution in [0, 0.1) is 28.6 Å². The van der Waals surface area contributed by atoms with Gasteiger partial charge in [0.25, 0.3) is 0 Å². The van der Waals surface area contributed by atoms with Crippen LogP contribution in [0.2, 0.25) is 19.6 Å². The summed E-state index contributed by atoms with van der Waals surface area (Å²) in [7, 11) is -1.12. The van der Waals surface area contributed by atoms with Crippen molar-refractivity contribution in [2.24, 2.45) is 5.92 Å². The Morgan fingerprint density at radius 1 is 0.923 bits per heavy atom. The van der Waals surface area contributed by atoms with E-state index in [4.69, 9.17) is 0 Å². The van der Waals surface area contributed by atoms with Crippen LogP contribution in [0.25, 0.3) is 5.57 Å². The molecule has 2 aromatic carbocycles. The van der Waals surface area contributed by atoms with Crippen molar-refractivity contribution in [1.82, 2.24) is 0 Å². The van der Waals surface area contributed by atoms with Gasteiger partial charge in [0.2, 0.25) is 0 Å². The van der Waals surface area contributed by atoms with E-state index < -0.39 is 8.07 Å². The molecule has 0 N–H and O–H groups in total. The van der Waals surface area contributed by atoms with Crippen molar-refractivity contribution in [2.75, 3.05) is 0 Å². The zero-order valence-electron chi connectivity index (χ0n) is 15.7. The van der Waals surface area contributed by atoms with E-state index >= 15 is 0 Å².